The molecule has 2 rings (SSSR count). The number of rotatable bonds is 3. The predicted molar refractivity (Wildman–Crippen MR) is 71.8 cm³/mol. The fourth-order valence-electron chi connectivity index (χ4n) is 1.34. The summed E-state index contributed by atoms with van der Waals surface area (Å²) < 4.78 is 1.30. The first-order chi connectivity index (χ1) is 7.36. The summed E-state index contributed by atoms with van der Waals surface area (Å²) in [4.78, 5) is 0. The Kier molecular flexibility index (Phi) is 3.61. The van der Waals surface area contributed by atoms with Gasteiger partial charge in [-0.1, -0.05) is 30.3 Å². The Bertz CT molecular complexity index is 426. The van der Waals surface area contributed by atoms with Crippen molar-refractivity contribution < 1.29 is 0 Å². The molecule has 2 heteroatoms. The Morgan fingerprint density at radius 3 is 2.53 bits per heavy atom. The molecule has 1 N–H and O–H groups in total. The molecule has 0 saturated heterocycles. The molecule has 15 heavy (non-hydrogen) atoms. The van der Waals surface area contributed by atoms with Gasteiger partial charge in [0, 0.05) is 15.8 Å². The highest BCUT2D eigenvalue weighted by atomic mass is 127. The van der Waals surface area contributed by atoms with Crippen LogP contribution in [0.4, 0.5) is 5.69 Å². The Morgan fingerprint density at radius 1 is 1.07 bits per heavy atom. The highest BCUT2D eigenvalue weighted by molar-refractivity contribution is 14.1. The summed E-state index contributed by atoms with van der Waals surface area (Å²) in [6, 6.07) is 19.3. The van der Waals surface area contributed by atoms with Gasteiger partial charge in [-0.05, 0) is 52.4 Å². The smallest absolute Gasteiger partial charge is 0.0411 e. The summed E-state index contributed by atoms with van der Waals surface area (Å²) in [5.74, 6) is 0. The van der Waals surface area contributed by atoms with Gasteiger partial charge in [0.2, 0.25) is 0 Å². The molecule has 0 aliphatic heterocycles. The number of halogens is 1. The average Bonchev–Trinajstić information content (AvgIpc) is 2.29. The van der Waals surface area contributed by atoms with Crippen LogP contribution >= 0.6 is 22.6 Å². The molecule has 2 aromatic carbocycles. The third-order valence-electron chi connectivity index (χ3n) is 2.16. The molecule has 0 unspecified atom stereocenters. The van der Waals surface area contributed by atoms with E-state index >= 15 is 0 Å². The zero-order valence-corrected chi connectivity index (χ0v) is 10.4. The Morgan fingerprint density at radius 2 is 1.80 bits per heavy atom. The van der Waals surface area contributed by atoms with Gasteiger partial charge in [0.25, 0.3) is 0 Å². The molecule has 0 heterocycles. The summed E-state index contributed by atoms with van der Waals surface area (Å²) in [6.07, 6.45) is 0. The molecule has 0 saturated carbocycles. The van der Waals surface area contributed by atoms with E-state index in [9.17, 15) is 0 Å². The minimum Gasteiger partial charge on any atom is -0.381 e. The Balaban J connectivity index is 2.03. The summed E-state index contributed by atoms with van der Waals surface area (Å²) >= 11 is 2.36. The largest absolute Gasteiger partial charge is 0.381 e. The molecule has 0 aliphatic rings. The van der Waals surface area contributed by atoms with Crippen molar-refractivity contribution in [2.75, 3.05) is 5.32 Å². The van der Waals surface area contributed by atoms with E-state index in [0.29, 0.717) is 0 Å². The maximum absolute atomic E-state index is 3.38. The van der Waals surface area contributed by atoms with Crippen molar-refractivity contribution in [3.8, 4) is 0 Å². The summed E-state index contributed by atoms with van der Waals surface area (Å²) in [7, 11) is 0. The van der Waals surface area contributed by atoms with Crippen LogP contribution in [0.3, 0.4) is 0 Å². The molecule has 0 atom stereocenters. The lowest BCUT2D eigenvalue weighted by molar-refractivity contribution is 1.14. The van der Waals surface area contributed by atoms with Gasteiger partial charge in [0.05, 0.1) is 0 Å². The van der Waals surface area contributed by atoms with E-state index in [4.69, 9.17) is 0 Å². The van der Waals surface area contributed by atoms with Gasteiger partial charge in [-0.15, -0.1) is 0 Å². The molecule has 1 radical (unpaired) electrons. The van der Waals surface area contributed by atoms with E-state index in [1.54, 1.807) is 0 Å². The van der Waals surface area contributed by atoms with Crippen LogP contribution in [0, 0.1) is 9.64 Å². The highest BCUT2D eigenvalue weighted by Gasteiger charge is 1.97. The first-order valence-electron chi connectivity index (χ1n) is 4.79. The number of benzene rings is 2. The third kappa shape index (κ3) is 2.96. The molecule has 0 aliphatic carbocycles. The molecule has 0 fully saturated rings. The van der Waals surface area contributed by atoms with Gasteiger partial charge in [-0.25, -0.2) is 0 Å². The maximum Gasteiger partial charge on any atom is 0.0411 e. The minimum atomic E-state index is 0.864. The van der Waals surface area contributed by atoms with Crippen LogP contribution in [0.2, 0.25) is 0 Å². The van der Waals surface area contributed by atoms with Gasteiger partial charge < -0.3 is 5.32 Å². The molecule has 0 amide bonds. The number of hydrogen-bond donors (Lipinski definition) is 1. The summed E-state index contributed by atoms with van der Waals surface area (Å²) in [5, 5.41) is 3.38. The lowest BCUT2D eigenvalue weighted by Crippen LogP contribution is -2.00. The highest BCUT2D eigenvalue weighted by Crippen LogP contribution is 2.13. The van der Waals surface area contributed by atoms with Crippen LogP contribution < -0.4 is 5.32 Å². The van der Waals surface area contributed by atoms with Crippen molar-refractivity contribution in [1.82, 2.24) is 0 Å². The second-order valence-electron chi connectivity index (χ2n) is 3.23. The number of nitrogens with one attached hydrogen (secondary N) is 1. The van der Waals surface area contributed by atoms with E-state index < -0.39 is 0 Å². The molecule has 0 bridgehead atoms. The predicted octanol–water partition coefficient (Wildman–Crippen LogP) is 3.70. The van der Waals surface area contributed by atoms with Gasteiger partial charge >= 0.3 is 0 Å². The van der Waals surface area contributed by atoms with Crippen LogP contribution in [-0.4, -0.2) is 0 Å². The van der Waals surface area contributed by atoms with Gasteiger partial charge in [-0.3, -0.25) is 0 Å². The van der Waals surface area contributed by atoms with Crippen LogP contribution in [0.25, 0.3) is 0 Å². The minimum absolute atomic E-state index is 0.864. The monoisotopic (exact) mass is 308 g/mol. The van der Waals surface area contributed by atoms with E-state index in [1.807, 2.05) is 24.3 Å². The van der Waals surface area contributed by atoms with E-state index in [-0.39, 0.29) is 0 Å². The zero-order chi connectivity index (χ0) is 10.5. The molecule has 0 spiro atoms. The SMILES string of the molecule is Ic1ccccc1CNc1cc[c]cc1. The second kappa shape index (κ2) is 5.16. The van der Waals surface area contributed by atoms with Crippen LogP contribution in [0.5, 0.6) is 0 Å². The number of hydrogen-bond acceptors (Lipinski definition) is 1. The standard InChI is InChI=1S/C13H11IN/c14-13-9-5-4-6-11(13)10-15-12-7-2-1-3-8-12/h2-9,15H,10H2. The van der Waals surface area contributed by atoms with E-state index in [0.717, 1.165) is 12.2 Å². The lowest BCUT2D eigenvalue weighted by atomic mass is 10.2. The van der Waals surface area contributed by atoms with Crippen molar-refractivity contribution in [3.63, 3.8) is 0 Å². The number of anilines is 1. The van der Waals surface area contributed by atoms with Crippen LogP contribution in [0.1, 0.15) is 5.56 Å². The van der Waals surface area contributed by atoms with Crippen molar-refractivity contribution in [2.24, 2.45) is 0 Å². The lowest BCUT2D eigenvalue weighted by Gasteiger charge is -2.07. The summed E-state index contributed by atoms with van der Waals surface area (Å²) in [6.45, 7) is 0.864. The first kappa shape index (κ1) is 10.5. The maximum atomic E-state index is 3.38. The molecule has 0 aromatic heterocycles. The summed E-state index contributed by atoms with van der Waals surface area (Å²) in [5.41, 5.74) is 2.46. The fraction of sp³-hybridized carbons (Fsp3) is 0.0769. The normalized spacial score (nSPS) is 9.93. The van der Waals surface area contributed by atoms with E-state index in [1.165, 1.54) is 9.13 Å². The topological polar surface area (TPSA) is 12.0 Å². The quantitative estimate of drug-likeness (QED) is 0.853. The first-order valence-corrected chi connectivity index (χ1v) is 5.87. The van der Waals surface area contributed by atoms with Crippen LogP contribution in [0.15, 0.2) is 48.5 Å². The van der Waals surface area contributed by atoms with Crippen molar-refractivity contribution in [2.45, 2.75) is 6.54 Å². The van der Waals surface area contributed by atoms with Crippen molar-refractivity contribution >= 4 is 28.3 Å². The van der Waals surface area contributed by atoms with Crippen LogP contribution in [-0.2, 0) is 6.54 Å². The second-order valence-corrected chi connectivity index (χ2v) is 4.40. The Labute approximate surface area is 104 Å². The Hall–Kier alpha value is -1.03. The van der Waals surface area contributed by atoms with Gasteiger partial charge in [0.15, 0.2) is 0 Å². The van der Waals surface area contributed by atoms with E-state index in [2.05, 4.69) is 58.2 Å². The fourth-order valence-corrected chi connectivity index (χ4v) is 1.92. The molecule has 75 valence electrons. The molecule has 1 nitrogen and oxygen atoms in total. The zero-order valence-electron chi connectivity index (χ0n) is 8.20. The van der Waals surface area contributed by atoms with Gasteiger partial charge in [-0.2, -0.15) is 0 Å². The van der Waals surface area contributed by atoms with Gasteiger partial charge in [0.1, 0.15) is 0 Å². The molecule has 2 aromatic rings. The average molecular weight is 308 g/mol. The molecular weight excluding hydrogens is 297 g/mol. The third-order valence-corrected chi connectivity index (χ3v) is 3.21. The van der Waals surface area contributed by atoms with Crippen molar-refractivity contribution in [1.29, 1.82) is 0 Å². The molecular formula is C13H11IN. The van der Waals surface area contributed by atoms with Crippen molar-refractivity contribution in [3.05, 3.63) is 63.7 Å².